The van der Waals surface area contributed by atoms with Crippen LogP contribution in [0.4, 0.5) is 0 Å². The monoisotopic (exact) mass is 494 g/mol. The van der Waals surface area contributed by atoms with Crippen LogP contribution in [-0.2, 0) is 32.9 Å². The molecule has 6 nitrogen and oxygen atoms in total. The van der Waals surface area contributed by atoms with Crippen molar-refractivity contribution in [3.05, 3.63) is 71.8 Å². The topological polar surface area (TPSA) is 92.3 Å². The van der Waals surface area contributed by atoms with Gasteiger partial charge >= 0.3 is 0 Å². The van der Waals surface area contributed by atoms with Gasteiger partial charge in [0.2, 0.25) is 20.0 Å². The van der Waals surface area contributed by atoms with E-state index in [1.54, 1.807) is 0 Å². The van der Waals surface area contributed by atoms with Crippen LogP contribution in [0.3, 0.4) is 0 Å². The second kappa shape index (κ2) is 15.2. The van der Waals surface area contributed by atoms with Crippen LogP contribution in [0.2, 0.25) is 0 Å². The highest BCUT2D eigenvalue weighted by atomic mass is 32.3. The molecule has 0 amide bonds. The molecule has 0 spiro atoms. The van der Waals surface area contributed by atoms with E-state index >= 15 is 0 Å². The van der Waals surface area contributed by atoms with Gasteiger partial charge in [0.15, 0.2) is 5.08 Å². The number of nitrogens with one attached hydrogen (secondary N) is 2. The third kappa shape index (κ3) is 13.5. The average Bonchev–Trinajstić information content (AvgIpc) is 2.78. The number of rotatable bonds is 18. The van der Waals surface area contributed by atoms with Crippen LogP contribution in [0.5, 0.6) is 0 Å². The molecule has 2 aromatic rings. The van der Waals surface area contributed by atoms with E-state index in [1.165, 1.54) is 11.1 Å². The molecule has 0 aliphatic rings. The normalized spacial score (nSPS) is 12.1. The molecule has 2 N–H and O–H groups in total. The Hall–Kier alpha value is -1.74. The van der Waals surface area contributed by atoms with Crippen molar-refractivity contribution in [1.82, 2.24) is 9.44 Å². The van der Waals surface area contributed by atoms with Crippen molar-refractivity contribution < 1.29 is 16.8 Å². The lowest BCUT2D eigenvalue weighted by atomic mass is 10.1. The number of aryl methyl sites for hydroxylation is 2. The molecule has 0 saturated heterocycles. The summed E-state index contributed by atoms with van der Waals surface area (Å²) in [7, 11) is -7.71. The van der Waals surface area contributed by atoms with Crippen molar-refractivity contribution in [2.75, 3.05) is 18.2 Å². The molecule has 0 saturated carbocycles. The van der Waals surface area contributed by atoms with E-state index in [0.29, 0.717) is 12.8 Å². The average molecular weight is 495 g/mol. The minimum Gasteiger partial charge on any atom is -0.214 e. The molecule has 0 aromatic heterocycles. The molecular weight excluding hydrogens is 456 g/mol. The zero-order valence-corrected chi connectivity index (χ0v) is 21.0. The number of sulfonamides is 2. The van der Waals surface area contributed by atoms with Crippen LogP contribution in [0, 0.1) is 0 Å². The molecule has 184 valence electrons. The van der Waals surface area contributed by atoms with Gasteiger partial charge in [0.1, 0.15) is 0 Å². The van der Waals surface area contributed by atoms with Crippen LogP contribution in [0.15, 0.2) is 60.7 Å². The predicted octanol–water partition coefficient (Wildman–Crippen LogP) is 4.39. The fraction of sp³-hybridized carbons (Fsp3) is 0.520. The highest BCUT2D eigenvalue weighted by molar-refractivity contribution is 8.06. The minimum atomic E-state index is -3.86. The lowest BCUT2D eigenvalue weighted by molar-refractivity contribution is 0.564. The van der Waals surface area contributed by atoms with E-state index in [9.17, 15) is 16.8 Å². The largest absolute Gasteiger partial charge is 0.227 e. The molecule has 0 bridgehead atoms. The van der Waals surface area contributed by atoms with Gasteiger partial charge in [0.05, 0.1) is 0 Å². The van der Waals surface area contributed by atoms with Crippen LogP contribution in [-0.4, -0.2) is 35.0 Å². The van der Waals surface area contributed by atoms with Crippen molar-refractivity contribution >= 4 is 20.0 Å². The summed E-state index contributed by atoms with van der Waals surface area (Å²) >= 11 is 0. The third-order valence-corrected chi connectivity index (χ3v) is 9.19. The second-order valence-corrected chi connectivity index (χ2v) is 12.4. The summed E-state index contributed by atoms with van der Waals surface area (Å²) < 4.78 is 53.2. The summed E-state index contributed by atoms with van der Waals surface area (Å²) in [5.74, 6) is 0. The SMILES string of the molecule is O=S(=O)(CS(=O)(=O)NCCCCCCc1ccccc1)NCCCCCCc1ccccc1. The van der Waals surface area contributed by atoms with Gasteiger partial charge in [-0.05, 0) is 49.7 Å². The van der Waals surface area contributed by atoms with Gasteiger partial charge in [-0.25, -0.2) is 26.3 Å². The standard InChI is InChI=1S/C25H38N2O4S2/c28-32(29,26-21-13-3-1-7-15-24-17-9-5-10-18-24)23-33(30,31)27-22-14-4-2-8-16-25-19-11-6-12-20-25/h5-6,9-12,17-20,26-27H,1-4,7-8,13-16,21-23H2. The highest BCUT2D eigenvalue weighted by Crippen LogP contribution is 2.08. The minimum absolute atomic E-state index is 0.268. The maximum atomic E-state index is 12.1. The van der Waals surface area contributed by atoms with Crippen molar-refractivity contribution in [2.24, 2.45) is 0 Å². The molecule has 0 aliphatic carbocycles. The number of unbranched alkanes of at least 4 members (excludes halogenated alkanes) is 6. The Kier molecular flexibility index (Phi) is 12.7. The molecule has 2 aromatic carbocycles. The van der Waals surface area contributed by atoms with Gasteiger partial charge in [-0.3, -0.25) is 0 Å². The maximum Gasteiger partial charge on any atom is 0.227 e. The zero-order chi connectivity index (χ0) is 23.8. The van der Waals surface area contributed by atoms with Crippen LogP contribution in [0.1, 0.15) is 62.5 Å². The van der Waals surface area contributed by atoms with Gasteiger partial charge in [0.25, 0.3) is 0 Å². The molecule has 0 unspecified atom stereocenters. The van der Waals surface area contributed by atoms with Crippen molar-refractivity contribution in [2.45, 2.75) is 64.2 Å². The predicted molar refractivity (Wildman–Crippen MR) is 136 cm³/mol. The number of hydrogen-bond donors (Lipinski definition) is 2. The first-order valence-corrected chi connectivity index (χ1v) is 15.2. The Morgan fingerprint density at radius 2 is 0.848 bits per heavy atom. The van der Waals surface area contributed by atoms with E-state index in [-0.39, 0.29) is 13.1 Å². The molecule has 2 rings (SSSR count). The Labute approximate surface area is 200 Å². The number of benzene rings is 2. The lowest BCUT2D eigenvalue weighted by Crippen LogP contribution is -2.36. The lowest BCUT2D eigenvalue weighted by Gasteiger charge is -2.09. The van der Waals surface area contributed by atoms with E-state index in [4.69, 9.17) is 0 Å². The van der Waals surface area contributed by atoms with E-state index in [1.807, 2.05) is 36.4 Å². The van der Waals surface area contributed by atoms with Crippen LogP contribution >= 0.6 is 0 Å². The van der Waals surface area contributed by atoms with E-state index in [2.05, 4.69) is 33.7 Å². The van der Waals surface area contributed by atoms with E-state index < -0.39 is 25.1 Å². The molecule has 0 radical (unpaired) electrons. The highest BCUT2D eigenvalue weighted by Gasteiger charge is 2.21. The summed E-state index contributed by atoms with van der Waals surface area (Å²) in [6.07, 6.45) is 9.39. The van der Waals surface area contributed by atoms with Crippen molar-refractivity contribution in [1.29, 1.82) is 0 Å². The Morgan fingerprint density at radius 3 is 1.24 bits per heavy atom. The Balaban J connectivity index is 1.49. The molecule has 0 fully saturated rings. The summed E-state index contributed by atoms with van der Waals surface area (Å²) in [5, 5.41) is -0.915. The molecular formula is C25H38N2O4S2. The summed E-state index contributed by atoms with van der Waals surface area (Å²) in [6.45, 7) is 0.537. The smallest absolute Gasteiger partial charge is 0.214 e. The van der Waals surface area contributed by atoms with Crippen molar-refractivity contribution in [3.8, 4) is 0 Å². The fourth-order valence-corrected chi connectivity index (χ4v) is 6.86. The maximum absolute atomic E-state index is 12.1. The van der Waals surface area contributed by atoms with Crippen LogP contribution < -0.4 is 9.44 Å². The first kappa shape index (κ1) is 27.5. The first-order chi connectivity index (χ1) is 15.9. The summed E-state index contributed by atoms with van der Waals surface area (Å²) in [6, 6.07) is 20.5. The quantitative estimate of drug-likeness (QED) is 0.301. The second-order valence-electron chi connectivity index (χ2n) is 8.44. The van der Waals surface area contributed by atoms with Gasteiger partial charge in [-0.2, -0.15) is 0 Å². The summed E-state index contributed by atoms with van der Waals surface area (Å²) in [4.78, 5) is 0. The molecule has 8 heteroatoms. The van der Waals surface area contributed by atoms with Gasteiger partial charge in [-0.15, -0.1) is 0 Å². The first-order valence-electron chi connectivity index (χ1n) is 11.9. The fourth-order valence-electron chi connectivity index (χ4n) is 3.65. The number of hydrogen-bond acceptors (Lipinski definition) is 4. The molecule has 0 heterocycles. The molecule has 33 heavy (non-hydrogen) atoms. The van der Waals surface area contributed by atoms with Crippen molar-refractivity contribution in [3.63, 3.8) is 0 Å². The Morgan fingerprint density at radius 1 is 0.485 bits per heavy atom. The molecule has 0 atom stereocenters. The van der Waals surface area contributed by atoms with Gasteiger partial charge in [0, 0.05) is 13.1 Å². The summed E-state index contributed by atoms with van der Waals surface area (Å²) in [5.41, 5.74) is 2.62. The van der Waals surface area contributed by atoms with Crippen LogP contribution in [0.25, 0.3) is 0 Å². The van der Waals surface area contributed by atoms with Gasteiger partial charge in [-0.1, -0.05) is 86.3 Å². The van der Waals surface area contributed by atoms with Gasteiger partial charge < -0.3 is 0 Å². The van der Waals surface area contributed by atoms with E-state index in [0.717, 1.165) is 51.4 Å². The molecule has 0 aliphatic heterocycles. The zero-order valence-electron chi connectivity index (χ0n) is 19.4. The third-order valence-electron chi connectivity index (χ3n) is 5.42. The Bertz CT molecular complexity index is 898.